The van der Waals surface area contributed by atoms with E-state index in [1.807, 2.05) is 12.1 Å². The standard InChI is InChI=1S/C20H14BrNO3/c21-13-9-11-14(12-10-13)22-19(23)17-7-3-1-5-15(17)16-6-2-4-8-18(16)20(24)25/h1-12H,(H,22,23)(H,24,25). The van der Waals surface area contributed by atoms with Gasteiger partial charge in [-0.05, 0) is 47.5 Å². The van der Waals surface area contributed by atoms with Crippen LogP contribution in [0.15, 0.2) is 77.3 Å². The fourth-order valence-electron chi connectivity index (χ4n) is 2.55. The molecule has 0 radical (unpaired) electrons. The molecule has 0 saturated carbocycles. The van der Waals surface area contributed by atoms with E-state index >= 15 is 0 Å². The van der Waals surface area contributed by atoms with Gasteiger partial charge in [0.15, 0.2) is 0 Å². The minimum absolute atomic E-state index is 0.159. The van der Waals surface area contributed by atoms with E-state index in [1.165, 1.54) is 6.07 Å². The molecule has 0 heterocycles. The first-order valence-electron chi connectivity index (χ1n) is 7.55. The predicted octanol–water partition coefficient (Wildman–Crippen LogP) is 5.07. The van der Waals surface area contributed by atoms with Crippen LogP contribution in [0.4, 0.5) is 5.69 Å². The number of hydrogen-bond acceptors (Lipinski definition) is 2. The number of carbonyl (C=O) groups is 2. The maximum atomic E-state index is 12.7. The average Bonchev–Trinajstić information content (AvgIpc) is 2.63. The van der Waals surface area contributed by atoms with E-state index < -0.39 is 5.97 Å². The molecule has 4 nitrogen and oxygen atoms in total. The molecule has 1 amide bonds. The maximum Gasteiger partial charge on any atom is 0.336 e. The Labute approximate surface area is 153 Å². The lowest BCUT2D eigenvalue weighted by Gasteiger charge is -2.12. The fourth-order valence-corrected chi connectivity index (χ4v) is 2.82. The minimum atomic E-state index is -1.03. The molecule has 0 aromatic heterocycles. The van der Waals surface area contributed by atoms with Crippen molar-refractivity contribution in [1.29, 1.82) is 0 Å². The molecule has 0 aliphatic rings. The Morgan fingerprint density at radius 1 is 0.760 bits per heavy atom. The summed E-state index contributed by atoms with van der Waals surface area (Å²) in [7, 11) is 0. The highest BCUT2D eigenvalue weighted by Crippen LogP contribution is 2.28. The second kappa shape index (κ2) is 7.32. The molecule has 3 rings (SSSR count). The lowest BCUT2D eigenvalue weighted by Crippen LogP contribution is -2.13. The lowest BCUT2D eigenvalue weighted by atomic mass is 9.95. The fraction of sp³-hybridized carbons (Fsp3) is 0. The summed E-state index contributed by atoms with van der Waals surface area (Å²) in [6.07, 6.45) is 0. The Bertz CT molecular complexity index is 936. The monoisotopic (exact) mass is 395 g/mol. The summed E-state index contributed by atoms with van der Waals surface area (Å²) in [6.45, 7) is 0. The van der Waals surface area contributed by atoms with Crippen LogP contribution in [0, 0.1) is 0 Å². The first kappa shape index (κ1) is 16.9. The van der Waals surface area contributed by atoms with E-state index in [0.29, 0.717) is 22.4 Å². The number of benzene rings is 3. The topological polar surface area (TPSA) is 66.4 Å². The molecule has 0 atom stereocenters. The van der Waals surface area contributed by atoms with Crippen molar-refractivity contribution in [3.8, 4) is 11.1 Å². The smallest absolute Gasteiger partial charge is 0.336 e. The van der Waals surface area contributed by atoms with Crippen LogP contribution in [0.2, 0.25) is 0 Å². The van der Waals surface area contributed by atoms with Gasteiger partial charge < -0.3 is 10.4 Å². The van der Waals surface area contributed by atoms with Crippen molar-refractivity contribution >= 4 is 33.5 Å². The molecule has 5 heteroatoms. The van der Waals surface area contributed by atoms with Gasteiger partial charge in [-0.1, -0.05) is 52.3 Å². The number of carbonyl (C=O) groups excluding carboxylic acids is 1. The number of anilines is 1. The van der Waals surface area contributed by atoms with Crippen molar-refractivity contribution in [2.24, 2.45) is 0 Å². The molecule has 2 N–H and O–H groups in total. The number of carboxylic acids is 1. The number of carboxylic acid groups (broad SMARTS) is 1. The molecule has 0 aliphatic carbocycles. The third-order valence-corrected chi connectivity index (χ3v) is 4.25. The van der Waals surface area contributed by atoms with E-state index in [4.69, 9.17) is 0 Å². The van der Waals surface area contributed by atoms with Crippen LogP contribution in [-0.4, -0.2) is 17.0 Å². The van der Waals surface area contributed by atoms with Gasteiger partial charge in [-0.3, -0.25) is 4.79 Å². The number of nitrogens with one attached hydrogen (secondary N) is 1. The summed E-state index contributed by atoms with van der Waals surface area (Å²) < 4.78 is 0.918. The molecular formula is C20H14BrNO3. The zero-order chi connectivity index (χ0) is 17.8. The van der Waals surface area contributed by atoms with Crippen LogP contribution in [-0.2, 0) is 0 Å². The number of rotatable bonds is 4. The van der Waals surface area contributed by atoms with Crippen molar-refractivity contribution in [3.05, 3.63) is 88.4 Å². The van der Waals surface area contributed by atoms with E-state index in [-0.39, 0.29) is 11.5 Å². The second-order valence-corrected chi connectivity index (χ2v) is 6.27. The SMILES string of the molecule is O=C(O)c1ccccc1-c1ccccc1C(=O)Nc1ccc(Br)cc1. The summed E-state index contributed by atoms with van der Waals surface area (Å²) in [6, 6.07) is 20.9. The van der Waals surface area contributed by atoms with E-state index in [1.54, 1.807) is 54.6 Å². The van der Waals surface area contributed by atoms with Gasteiger partial charge in [-0.25, -0.2) is 4.79 Å². The van der Waals surface area contributed by atoms with Gasteiger partial charge in [-0.2, -0.15) is 0 Å². The summed E-state index contributed by atoms with van der Waals surface area (Å²) in [5, 5.41) is 12.2. The highest BCUT2D eigenvalue weighted by atomic mass is 79.9. The van der Waals surface area contributed by atoms with E-state index in [2.05, 4.69) is 21.2 Å². The molecular weight excluding hydrogens is 382 g/mol. The van der Waals surface area contributed by atoms with Gasteiger partial charge in [-0.15, -0.1) is 0 Å². The average molecular weight is 396 g/mol. The van der Waals surface area contributed by atoms with Gasteiger partial charge in [0, 0.05) is 15.7 Å². The van der Waals surface area contributed by atoms with Crippen molar-refractivity contribution in [1.82, 2.24) is 0 Å². The molecule has 0 aliphatic heterocycles. The third kappa shape index (κ3) is 3.78. The van der Waals surface area contributed by atoms with Crippen LogP contribution in [0.25, 0.3) is 11.1 Å². The zero-order valence-electron chi connectivity index (χ0n) is 13.1. The zero-order valence-corrected chi connectivity index (χ0v) is 14.7. The van der Waals surface area contributed by atoms with Crippen molar-refractivity contribution in [3.63, 3.8) is 0 Å². The number of amides is 1. The van der Waals surface area contributed by atoms with Crippen LogP contribution in [0.3, 0.4) is 0 Å². The van der Waals surface area contributed by atoms with Crippen molar-refractivity contribution < 1.29 is 14.7 Å². The molecule has 0 fully saturated rings. The second-order valence-electron chi connectivity index (χ2n) is 5.36. The van der Waals surface area contributed by atoms with E-state index in [9.17, 15) is 14.7 Å². The van der Waals surface area contributed by atoms with Gasteiger partial charge >= 0.3 is 5.97 Å². The van der Waals surface area contributed by atoms with Gasteiger partial charge in [0.1, 0.15) is 0 Å². The highest BCUT2D eigenvalue weighted by molar-refractivity contribution is 9.10. The number of aromatic carboxylic acids is 1. The van der Waals surface area contributed by atoms with Crippen LogP contribution < -0.4 is 5.32 Å². The molecule has 3 aromatic carbocycles. The summed E-state index contributed by atoms with van der Waals surface area (Å²) >= 11 is 3.35. The Morgan fingerprint density at radius 3 is 1.88 bits per heavy atom. The van der Waals surface area contributed by atoms with Gasteiger partial charge in [0.25, 0.3) is 5.91 Å². The summed E-state index contributed by atoms with van der Waals surface area (Å²) in [5.41, 5.74) is 2.33. The molecule has 3 aromatic rings. The quantitative estimate of drug-likeness (QED) is 0.648. The largest absolute Gasteiger partial charge is 0.478 e. The summed E-state index contributed by atoms with van der Waals surface area (Å²) in [4.78, 5) is 24.2. The lowest BCUT2D eigenvalue weighted by molar-refractivity contribution is 0.0697. The van der Waals surface area contributed by atoms with Crippen LogP contribution in [0.1, 0.15) is 20.7 Å². The highest BCUT2D eigenvalue weighted by Gasteiger charge is 2.17. The number of halogens is 1. The van der Waals surface area contributed by atoms with Crippen molar-refractivity contribution in [2.45, 2.75) is 0 Å². The number of hydrogen-bond donors (Lipinski definition) is 2. The van der Waals surface area contributed by atoms with Crippen LogP contribution >= 0.6 is 15.9 Å². The first-order valence-corrected chi connectivity index (χ1v) is 8.34. The summed E-state index contributed by atoms with van der Waals surface area (Å²) in [5.74, 6) is -1.32. The molecule has 0 spiro atoms. The van der Waals surface area contributed by atoms with Gasteiger partial charge in [0.2, 0.25) is 0 Å². The van der Waals surface area contributed by atoms with Crippen molar-refractivity contribution in [2.75, 3.05) is 5.32 Å². The Hall–Kier alpha value is -2.92. The third-order valence-electron chi connectivity index (χ3n) is 3.72. The molecule has 0 saturated heterocycles. The maximum absolute atomic E-state index is 12.7. The van der Waals surface area contributed by atoms with Gasteiger partial charge in [0.05, 0.1) is 5.56 Å². The molecule has 0 unspecified atom stereocenters. The molecule has 25 heavy (non-hydrogen) atoms. The predicted molar refractivity (Wildman–Crippen MR) is 101 cm³/mol. The Kier molecular flexibility index (Phi) is 4.95. The van der Waals surface area contributed by atoms with E-state index in [0.717, 1.165) is 4.47 Å². The first-order chi connectivity index (χ1) is 12.1. The normalized spacial score (nSPS) is 10.3. The molecule has 124 valence electrons. The minimum Gasteiger partial charge on any atom is -0.478 e. The Morgan fingerprint density at radius 2 is 1.28 bits per heavy atom. The van der Waals surface area contributed by atoms with Crippen LogP contribution in [0.5, 0.6) is 0 Å². The molecule has 0 bridgehead atoms. The Balaban J connectivity index is 2.00.